The van der Waals surface area contributed by atoms with Crippen molar-refractivity contribution in [1.29, 1.82) is 0 Å². The standard InChI is InChI=1S/C9H20N2O2S/c1-2-6-14(12,13)11-5-3-4-9(7-10)8-11/h9H,2-8,10H2,1H3. The van der Waals surface area contributed by atoms with Crippen LogP contribution in [0.25, 0.3) is 0 Å². The molecule has 0 aromatic rings. The van der Waals surface area contributed by atoms with E-state index in [1.807, 2.05) is 6.92 Å². The predicted octanol–water partition coefficient (Wildman–Crippen LogP) is 0.397. The number of hydrogen-bond donors (Lipinski definition) is 1. The Morgan fingerprint density at radius 2 is 2.21 bits per heavy atom. The molecule has 1 rings (SSSR count). The molecule has 1 atom stereocenters. The molecule has 1 aliphatic heterocycles. The van der Waals surface area contributed by atoms with Crippen LogP contribution in [-0.4, -0.2) is 38.1 Å². The van der Waals surface area contributed by atoms with Gasteiger partial charge in [-0.15, -0.1) is 0 Å². The second-order valence-corrected chi connectivity index (χ2v) is 6.01. The van der Waals surface area contributed by atoms with Crippen LogP contribution in [-0.2, 0) is 10.0 Å². The number of sulfonamides is 1. The highest BCUT2D eigenvalue weighted by Crippen LogP contribution is 2.18. The molecule has 0 saturated carbocycles. The van der Waals surface area contributed by atoms with Crippen LogP contribution >= 0.6 is 0 Å². The van der Waals surface area contributed by atoms with Crippen molar-refractivity contribution < 1.29 is 8.42 Å². The summed E-state index contributed by atoms with van der Waals surface area (Å²) in [6, 6.07) is 0. The lowest BCUT2D eigenvalue weighted by Gasteiger charge is -2.31. The van der Waals surface area contributed by atoms with E-state index in [-0.39, 0.29) is 5.75 Å². The van der Waals surface area contributed by atoms with Crippen molar-refractivity contribution in [3.63, 3.8) is 0 Å². The summed E-state index contributed by atoms with van der Waals surface area (Å²) in [7, 11) is -3.00. The maximum Gasteiger partial charge on any atom is 0.214 e. The van der Waals surface area contributed by atoms with E-state index >= 15 is 0 Å². The van der Waals surface area contributed by atoms with Gasteiger partial charge in [0.1, 0.15) is 0 Å². The summed E-state index contributed by atoms with van der Waals surface area (Å²) < 4.78 is 25.1. The van der Waals surface area contributed by atoms with Gasteiger partial charge >= 0.3 is 0 Å². The van der Waals surface area contributed by atoms with Gasteiger partial charge in [-0.1, -0.05) is 6.92 Å². The molecular formula is C9H20N2O2S. The Balaban J connectivity index is 2.59. The van der Waals surface area contributed by atoms with E-state index in [2.05, 4.69) is 0 Å². The Kier molecular flexibility index (Phi) is 4.34. The van der Waals surface area contributed by atoms with Gasteiger partial charge in [-0.25, -0.2) is 12.7 Å². The molecule has 1 unspecified atom stereocenters. The van der Waals surface area contributed by atoms with E-state index in [0.717, 1.165) is 12.8 Å². The van der Waals surface area contributed by atoms with E-state index in [1.165, 1.54) is 0 Å². The third kappa shape index (κ3) is 2.93. The van der Waals surface area contributed by atoms with Gasteiger partial charge in [-0.3, -0.25) is 0 Å². The molecule has 2 N–H and O–H groups in total. The number of rotatable bonds is 4. The van der Waals surface area contributed by atoms with Crippen LogP contribution in [0.3, 0.4) is 0 Å². The first-order valence-electron chi connectivity index (χ1n) is 5.28. The van der Waals surface area contributed by atoms with Crippen molar-refractivity contribution in [2.45, 2.75) is 26.2 Å². The minimum atomic E-state index is -3.00. The lowest BCUT2D eigenvalue weighted by atomic mass is 10.0. The van der Waals surface area contributed by atoms with E-state index in [4.69, 9.17) is 5.73 Å². The van der Waals surface area contributed by atoms with Crippen molar-refractivity contribution in [2.24, 2.45) is 11.7 Å². The van der Waals surface area contributed by atoms with Crippen molar-refractivity contribution in [2.75, 3.05) is 25.4 Å². The van der Waals surface area contributed by atoms with Gasteiger partial charge in [0, 0.05) is 13.1 Å². The average molecular weight is 220 g/mol. The van der Waals surface area contributed by atoms with Crippen molar-refractivity contribution in [3.05, 3.63) is 0 Å². The molecule has 14 heavy (non-hydrogen) atoms. The normalized spacial score (nSPS) is 25.1. The zero-order chi connectivity index (χ0) is 10.6. The molecule has 0 aromatic heterocycles. The first-order valence-corrected chi connectivity index (χ1v) is 6.89. The van der Waals surface area contributed by atoms with E-state index in [0.29, 0.717) is 32.0 Å². The molecular weight excluding hydrogens is 200 g/mol. The summed E-state index contributed by atoms with van der Waals surface area (Å²) in [4.78, 5) is 0. The summed E-state index contributed by atoms with van der Waals surface area (Å²) in [5.41, 5.74) is 5.56. The molecule has 4 nitrogen and oxygen atoms in total. The minimum Gasteiger partial charge on any atom is -0.330 e. The van der Waals surface area contributed by atoms with Crippen LogP contribution in [0.4, 0.5) is 0 Å². The highest BCUT2D eigenvalue weighted by atomic mass is 32.2. The van der Waals surface area contributed by atoms with Gasteiger partial charge in [0.2, 0.25) is 10.0 Å². The molecule has 0 aromatic carbocycles. The molecule has 84 valence electrons. The average Bonchev–Trinajstić information content (AvgIpc) is 2.18. The lowest BCUT2D eigenvalue weighted by molar-refractivity contribution is 0.271. The highest BCUT2D eigenvalue weighted by Gasteiger charge is 2.27. The van der Waals surface area contributed by atoms with Crippen LogP contribution in [0.15, 0.2) is 0 Å². The van der Waals surface area contributed by atoms with E-state index in [1.54, 1.807) is 4.31 Å². The third-order valence-corrected chi connectivity index (χ3v) is 4.71. The van der Waals surface area contributed by atoms with Crippen LogP contribution in [0.5, 0.6) is 0 Å². The molecule has 1 heterocycles. The van der Waals surface area contributed by atoms with E-state index < -0.39 is 10.0 Å². The fourth-order valence-electron chi connectivity index (χ4n) is 1.86. The van der Waals surface area contributed by atoms with Crippen molar-refractivity contribution in [1.82, 2.24) is 4.31 Å². The zero-order valence-corrected chi connectivity index (χ0v) is 9.59. The Morgan fingerprint density at radius 3 is 2.79 bits per heavy atom. The fraction of sp³-hybridized carbons (Fsp3) is 1.00. The summed E-state index contributed by atoms with van der Waals surface area (Å²) in [6.45, 7) is 3.79. The minimum absolute atomic E-state index is 0.268. The maximum absolute atomic E-state index is 11.7. The van der Waals surface area contributed by atoms with Crippen LogP contribution in [0, 0.1) is 5.92 Å². The number of nitrogens with zero attached hydrogens (tertiary/aromatic N) is 1. The third-order valence-electron chi connectivity index (χ3n) is 2.67. The Bertz CT molecular complexity index is 264. The van der Waals surface area contributed by atoms with Gasteiger partial charge in [-0.2, -0.15) is 0 Å². The van der Waals surface area contributed by atoms with Crippen LogP contribution in [0.2, 0.25) is 0 Å². The second-order valence-electron chi connectivity index (χ2n) is 3.92. The first kappa shape index (κ1) is 11.9. The second kappa shape index (κ2) is 5.09. The van der Waals surface area contributed by atoms with Crippen LogP contribution in [0.1, 0.15) is 26.2 Å². The quantitative estimate of drug-likeness (QED) is 0.746. The molecule has 0 aliphatic carbocycles. The summed E-state index contributed by atoms with van der Waals surface area (Å²) in [5.74, 6) is 0.625. The van der Waals surface area contributed by atoms with E-state index in [9.17, 15) is 8.42 Å². The number of hydrogen-bond acceptors (Lipinski definition) is 3. The molecule has 5 heteroatoms. The number of piperidine rings is 1. The zero-order valence-electron chi connectivity index (χ0n) is 8.78. The highest BCUT2D eigenvalue weighted by molar-refractivity contribution is 7.89. The Morgan fingerprint density at radius 1 is 1.50 bits per heavy atom. The lowest BCUT2D eigenvalue weighted by Crippen LogP contribution is -2.42. The monoisotopic (exact) mass is 220 g/mol. The van der Waals surface area contributed by atoms with Gasteiger partial charge in [0.15, 0.2) is 0 Å². The smallest absolute Gasteiger partial charge is 0.214 e. The molecule has 1 saturated heterocycles. The summed E-state index contributed by atoms with van der Waals surface area (Å²) >= 11 is 0. The molecule has 1 aliphatic rings. The topological polar surface area (TPSA) is 63.4 Å². The van der Waals surface area contributed by atoms with Crippen molar-refractivity contribution >= 4 is 10.0 Å². The molecule has 0 amide bonds. The maximum atomic E-state index is 11.7. The van der Waals surface area contributed by atoms with Crippen molar-refractivity contribution in [3.8, 4) is 0 Å². The fourth-order valence-corrected chi connectivity index (χ4v) is 3.48. The molecule has 0 radical (unpaired) electrons. The van der Waals surface area contributed by atoms with Gasteiger partial charge in [0.25, 0.3) is 0 Å². The number of nitrogens with two attached hydrogens (primary N) is 1. The van der Waals surface area contributed by atoms with Crippen LogP contribution < -0.4 is 5.73 Å². The van der Waals surface area contributed by atoms with Gasteiger partial charge < -0.3 is 5.73 Å². The Labute approximate surface area is 86.5 Å². The molecule has 0 bridgehead atoms. The Hall–Kier alpha value is -0.130. The largest absolute Gasteiger partial charge is 0.330 e. The van der Waals surface area contributed by atoms with Gasteiger partial charge in [0.05, 0.1) is 5.75 Å². The molecule has 1 fully saturated rings. The summed E-state index contributed by atoms with van der Waals surface area (Å²) in [5, 5.41) is 0. The molecule has 0 spiro atoms. The predicted molar refractivity (Wildman–Crippen MR) is 57.4 cm³/mol. The summed E-state index contributed by atoms with van der Waals surface area (Å²) in [6.07, 6.45) is 2.70. The van der Waals surface area contributed by atoms with Gasteiger partial charge in [-0.05, 0) is 31.7 Å². The SMILES string of the molecule is CCCS(=O)(=O)N1CCCC(CN)C1. The first-order chi connectivity index (χ1) is 6.60.